The molecular formula is C16H11N5O3. The quantitative estimate of drug-likeness (QED) is 0.753. The lowest BCUT2D eigenvalue weighted by atomic mass is 10.1. The number of carboxylic acid groups (broad SMARTS) is 1. The van der Waals surface area contributed by atoms with E-state index in [1.807, 2.05) is 0 Å². The van der Waals surface area contributed by atoms with Gasteiger partial charge in [-0.15, -0.1) is 10.2 Å². The summed E-state index contributed by atoms with van der Waals surface area (Å²) < 4.78 is 0. The fourth-order valence-electron chi connectivity index (χ4n) is 2.01. The van der Waals surface area contributed by atoms with Crippen LogP contribution in [-0.2, 0) is 0 Å². The van der Waals surface area contributed by atoms with Gasteiger partial charge in [0.1, 0.15) is 0 Å². The summed E-state index contributed by atoms with van der Waals surface area (Å²) in [5, 5.41) is 26.9. The van der Waals surface area contributed by atoms with Gasteiger partial charge in [-0.25, -0.2) is 4.79 Å². The molecule has 0 radical (unpaired) electrons. The minimum absolute atomic E-state index is 0.00158. The molecule has 0 fully saturated rings. The zero-order valence-electron chi connectivity index (χ0n) is 12.2. The minimum atomic E-state index is -1.13. The summed E-state index contributed by atoms with van der Waals surface area (Å²) in [6.45, 7) is 0. The summed E-state index contributed by atoms with van der Waals surface area (Å²) in [5.74, 6) is -1.67. The molecule has 0 bridgehead atoms. The molecule has 8 heteroatoms. The van der Waals surface area contributed by atoms with E-state index in [2.05, 4.69) is 25.7 Å². The van der Waals surface area contributed by atoms with Crippen molar-refractivity contribution in [1.29, 1.82) is 0 Å². The van der Waals surface area contributed by atoms with Crippen LogP contribution in [0, 0.1) is 0 Å². The Morgan fingerprint density at radius 3 is 2.46 bits per heavy atom. The van der Waals surface area contributed by atoms with Gasteiger partial charge in [0, 0.05) is 5.56 Å². The van der Waals surface area contributed by atoms with Gasteiger partial charge in [0.2, 0.25) is 0 Å². The summed E-state index contributed by atoms with van der Waals surface area (Å²) in [5.41, 5.74) is 1.53. The lowest BCUT2D eigenvalue weighted by Gasteiger charge is -2.07. The van der Waals surface area contributed by atoms with Gasteiger partial charge >= 0.3 is 5.97 Å². The summed E-state index contributed by atoms with van der Waals surface area (Å²) >= 11 is 0. The number of aromatic nitrogens is 4. The smallest absolute Gasteiger partial charge is 0.337 e. The van der Waals surface area contributed by atoms with E-state index in [4.69, 9.17) is 5.11 Å². The van der Waals surface area contributed by atoms with Crippen LogP contribution in [0.25, 0.3) is 11.3 Å². The molecular weight excluding hydrogens is 310 g/mol. The number of hydrogen-bond donors (Lipinski definition) is 2. The number of nitrogens with zero attached hydrogens (tertiary/aromatic N) is 4. The van der Waals surface area contributed by atoms with Crippen molar-refractivity contribution in [1.82, 2.24) is 20.4 Å². The van der Waals surface area contributed by atoms with Crippen molar-refractivity contribution >= 4 is 17.6 Å². The molecule has 0 saturated heterocycles. The molecule has 0 saturated carbocycles. The SMILES string of the molecule is O=C(Nc1ccccc1C(=O)O)c1ccc(-c2ccnnc2)nn1. The van der Waals surface area contributed by atoms with E-state index in [1.54, 1.807) is 24.3 Å². The molecule has 0 atom stereocenters. The van der Waals surface area contributed by atoms with Gasteiger partial charge in [0.15, 0.2) is 5.69 Å². The predicted molar refractivity (Wildman–Crippen MR) is 84.4 cm³/mol. The van der Waals surface area contributed by atoms with Gasteiger partial charge in [0.05, 0.1) is 29.3 Å². The van der Waals surface area contributed by atoms with Gasteiger partial charge < -0.3 is 10.4 Å². The number of benzene rings is 1. The maximum Gasteiger partial charge on any atom is 0.337 e. The van der Waals surface area contributed by atoms with Crippen LogP contribution in [0.15, 0.2) is 54.9 Å². The zero-order valence-corrected chi connectivity index (χ0v) is 12.2. The Morgan fingerprint density at radius 2 is 1.79 bits per heavy atom. The number of aromatic carboxylic acids is 1. The summed E-state index contributed by atoms with van der Waals surface area (Å²) in [6, 6.07) is 11.0. The van der Waals surface area contributed by atoms with E-state index >= 15 is 0 Å². The van der Waals surface area contributed by atoms with E-state index in [1.165, 1.54) is 30.6 Å². The lowest BCUT2D eigenvalue weighted by Crippen LogP contribution is -2.16. The number of para-hydroxylation sites is 1. The highest BCUT2D eigenvalue weighted by molar-refractivity contribution is 6.06. The molecule has 2 N–H and O–H groups in total. The van der Waals surface area contributed by atoms with Crippen LogP contribution in [0.4, 0.5) is 5.69 Å². The molecule has 0 unspecified atom stereocenters. The van der Waals surface area contributed by atoms with E-state index in [-0.39, 0.29) is 16.9 Å². The number of rotatable bonds is 4. The zero-order chi connectivity index (χ0) is 16.9. The molecule has 3 aromatic rings. The van der Waals surface area contributed by atoms with Crippen molar-refractivity contribution in [3.05, 3.63) is 66.1 Å². The first kappa shape index (κ1) is 15.2. The largest absolute Gasteiger partial charge is 0.478 e. The minimum Gasteiger partial charge on any atom is -0.478 e. The Morgan fingerprint density at radius 1 is 0.958 bits per heavy atom. The van der Waals surface area contributed by atoms with Gasteiger partial charge in [0.25, 0.3) is 5.91 Å². The Bertz CT molecular complexity index is 882. The number of carboxylic acids is 1. The van der Waals surface area contributed by atoms with E-state index in [9.17, 15) is 9.59 Å². The molecule has 1 aromatic carbocycles. The predicted octanol–water partition coefficient (Wildman–Crippen LogP) is 1.88. The highest BCUT2D eigenvalue weighted by Gasteiger charge is 2.14. The van der Waals surface area contributed by atoms with Crippen molar-refractivity contribution in [2.24, 2.45) is 0 Å². The maximum atomic E-state index is 12.2. The second-order valence-electron chi connectivity index (χ2n) is 4.74. The van der Waals surface area contributed by atoms with Crippen molar-refractivity contribution in [3.63, 3.8) is 0 Å². The van der Waals surface area contributed by atoms with Crippen LogP contribution in [-0.4, -0.2) is 37.4 Å². The summed E-state index contributed by atoms with van der Waals surface area (Å²) in [4.78, 5) is 23.4. The first-order valence-corrected chi connectivity index (χ1v) is 6.89. The van der Waals surface area contributed by atoms with Crippen molar-refractivity contribution < 1.29 is 14.7 Å². The van der Waals surface area contributed by atoms with E-state index in [0.717, 1.165) is 5.56 Å². The summed E-state index contributed by atoms with van der Waals surface area (Å²) in [6.07, 6.45) is 3.06. The molecule has 3 rings (SSSR count). The van der Waals surface area contributed by atoms with Crippen LogP contribution < -0.4 is 5.32 Å². The first-order valence-electron chi connectivity index (χ1n) is 6.89. The van der Waals surface area contributed by atoms with E-state index in [0.29, 0.717) is 5.69 Å². The van der Waals surface area contributed by atoms with Crippen molar-refractivity contribution in [2.75, 3.05) is 5.32 Å². The van der Waals surface area contributed by atoms with Crippen LogP contribution in [0.5, 0.6) is 0 Å². The second kappa shape index (κ2) is 6.61. The lowest BCUT2D eigenvalue weighted by molar-refractivity contribution is 0.0698. The Kier molecular flexibility index (Phi) is 4.19. The average Bonchev–Trinajstić information content (AvgIpc) is 2.63. The third-order valence-electron chi connectivity index (χ3n) is 3.18. The van der Waals surface area contributed by atoms with Gasteiger partial charge in [-0.05, 0) is 30.3 Å². The van der Waals surface area contributed by atoms with Crippen LogP contribution >= 0.6 is 0 Å². The van der Waals surface area contributed by atoms with Crippen LogP contribution in [0.2, 0.25) is 0 Å². The van der Waals surface area contributed by atoms with Crippen molar-refractivity contribution in [2.45, 2.75) is 0 Å². The fraction of sp³-hybridized carbons (Fsp3) is 0. The topological polar surface area (TPSA) is 118 Å². The number of carbonyl (C=O) groups excluding carboxylic acids is 1. The average molecular weight is 321 g/mol. The third kappa shape index (κ3) is 3.22. The Hall–Kier alpha value is -3.68. The molecule has 0 aliphatic rings. The maximum absolute atomic E-state index is 12.2. The summed E-state index contributed by atoms with van der Waals surface area (Å²) in [7, 11) is 0. The number of nitrogens with one attached hydrogen (secondary N) is 1. The highest BCUT2D eigenvalue weighted by Crippen LogP contribution is 2.17. The molecule has 0 aliphatic carbocycles. The number of anilines is 1. The molecule has 1 amide bonds. The van der Waals surface area contributed by atoms with Crippen LogP contribution in [0.3, 0.4) is 0 Å². The molecule has 0 spiro atoms. The van der Waals surface area contributed by atoms with Crippen molar-refractivity contribution in [3.8, 4) is 11.3 Å². The molecule has 2 heterocycles. The molecule has 118 valence electrons. The third-order valence-corrected chi connectivity index (χ3v) is 3.18. The van der Waals surface area contributed by atoms with E-state index < -0.39 is 11.9 Å². The standard InChI is InChI=1S/C16H11N5O3/c22-15(19-13-4-2-1-3-11(13)16(23)24)14-6-5-12(20-21-14)10-7-8-17-18-9-10/h1-9H,(H,19,22)(H,23,24). The van der Waals surface area contributed by atoms with Crippen LogP contribution in [0.1, 0.15) is 20.8 Å². The molecule has 24 heavy (non-hydrogen) atoms. The van der Waals surface area contributed by atoms with Gasteiger partial charge in [-0.2, -0.15) is 10.2 Å². The van der Waals surface area contributed by atoms with Gasteiger partial charge in [-0.3, -0.25) is 4.79 Å². The normalized spacial score (nSPS) is 10.2. The first-order chi connectivity index (χ1) is 11.6. The number of amides is 1. The Balaban J connectivity index is 1.80. The molecule has 0 aliphatic heterocycles. The monoisotopic (exact) mass is 321 g/mol. The van der Waals surface area contributed by atoms with Gasteiger partial charge in [-0.1, -0.05) is 12.1 Å². The number of hydrogen-bond acceptors (Lipinski definition) is 6. The highest BCUT2D eigenvalue weighted by atomic mass is 16.4. The molecule has 2 aromatic heterocycles. The second-order valence-corrected chi connectivity index (χ2v) is 4.74. The number of carbonyl (C=O) groups is 2. The molecule has 8 nitrogen and oxygen atoms in total. The fourth-order valence-corrected chi connectivity index (χ4v) is 2.01. The Labute approximate surface area is 136 Å².